The molecule has 160 valence electrons. The number of nitrogens with zero attached hydrogens (tertiary/aromatic N) is 5. The predicted octanol–water partition coefficient (Wildman–Crippen LogP) is 0.384. The Hall–Kier alpha value is -3.53. The summed E-state index contributed by atoms with van der Waals surface area (Å²) in [5, 5.41) is 14.3. The number of aromatic nitrogens is 4. The zero-order valence-electron chi connectivity index (χ0n) is 17.1. The van der Waals surface area contributed by atoms with Gasteiger partial charge in [0.1, 0.15) is 0 Å². The van der Waals surface area contributed by atoms with E-state index in [4.69, 9.17) is 4.42 Å². The second kappa shape index (κ2) is 7.95. The quantitative estimate of drug-likeness (QED) is 0.612. The van der Waals surface area contributed by atoms with Crippen LogP contribution in [0.15, 0.2) is 47.1 Å². The van der Waals surface area contributed by atoms with Crippen LogP contribution in [0.25, 0.3) is 11.5 Å². The fourth-order valence-corrected chi connectivity index (χ4v) is 4.34. The van der Waals surface area contributed by atoms with Crippen molar-refractivity contribution >= 4 is 11.8 Å². The lowest BCUT2D eigenvalue weighted by molar-refractivity contribution is -0.129. The van der Waals surface area contributed by atoms with Crippen LogP contribution in [0.4, 0.5) is 0 Å². The Morgan fingerprint density at radius 2 is 2.13 bits per heavy atom. The van der Waals surface area contributed by atoms with Crippen LogP contribution in [-0.4, -0.2) is 67.7 Å². The summed E-state index contributed by atoms with van der Waals surface area (Å²) in [6.07, 6.45) is 4.39. The van der Waals surface area contributed by atoms with Gasteiger partial charge in [0, 0.05) is 56.6 Å². The molecule has 4 heterocycles. The lowest BCUT2D eigenvalue weighted by atomic mass is 10.1. The lowest BCUT2D eigenvalue weighted by Gasteiger charge is -2.36. The molecule has 2 fully saturated rings. The fourth-order valence-electron chi connectivity index (χ4n) is 4.34. The van der Waals surface area contributed by atoms with Crippen molar-refractivity contribution in [3.05, 3.63) is 54.4 Å². The molecular weight excluding hydrogens is 398 g/mol. The summed E-state index contributed by atoms with van der Waals surface area (Å²) < 4.78 is 7.53. The van der Waals surface area contributed by atoms with Gasteiger partial charge in [0.25, 0.3) is 5.91 Å². The molecule has 0 aliphatic carbocycles. The maximum Gasteiger partial charge on any atom is 0.287 e. The number of carbonyl (C=O) groups excluding carboxylic acids is 2. The van der Waals surface area contributed by atoms with E-state index in [0.717, 1.165) is 5.56 Å². The number of hydrogen-bond acceptors (Lipinski definition) is 7. The zero-order chi connectivity index (χ0) is 21.4. The molecule has 2 aromatic heterocycles. The highest BCUT2D eigenvalue weighted by Gasteiger charge is 2.44. The van der Waals surface area contributed by atoms with E-state index in [2.05, 4.69) is 30.7 Å². The first-order valence-electron chi connectivity index (χ1n) is 10.3. The normalized spacial score (nSPS) is 23.4. The van der Waals surface area contributed by atoms with Gasteiger partial charge in [0.15, 0.2) is 5.82 Å². The topological polar surface area (TPSA) is 118 Å². The lowest BCUT2D eigenvalue weighted by Crippen LogP contribution is -2.58. The fraction of sp³-hybridized carbons (Fsp3) is 0.381. The third kappa shape index (κ3) is 3.81. The first kappa shape index (κ1) is 19.4. The molecule has 3 atom stereocenters. The largest absolute Gasteiger partial charge is 0.421 e. The number of benzene rings is 1. The molecule has 0 unspecified atom stereocenters. The molecule has 0 bridgehead atoms. The van der Waals surface area contributed by atoms with Crippen molar-refractivity contribution in [2.24, 2.45) is 7.05 Å². The standard InChI is InChI=1S/C21H23N7O3/c1-27-8-7-22-18(27)20(30)24-14-9-16-19(29)23-11-15(28(16)12-14)10-17-25-26-21(31-17)13-5-3-2-4-6-13/h2-8,14-16H,9-12H2,1H3,(H,23,29)(H,24,30)/t14-,15+,16-/m0/s1. The average molecular weight is 421 g/mol. The van der Waals surface area contributed by atoms with Gasteiger partial charge in [-0.3, -0.25) is 14.5 Å². The third-order valence-electron chi connectivity index (χ3n) is 5.88. The van der Waals surface area contributed by atoms with Gasteiger partial charge < -0.3 is 19.6 Å². The van der Waals surface area contributed by atoms with E-state index in [1.807, 2.05) is 30.3 Å². The first-order chi connectivity index (χ1) is 15.1. The smallest absolute Gasteiger partial charge is 0.287 e. The first-order valence-corrected chi connectivity index (χ1v) is 10.3. The monoisotopic (exact) mass is 421 g/mol. The summed E-state index contributed by atoms with van der Waals surface area (Å²) in [5.74, 6) is 1.11. The van der Waals surface area contributed by atoms with Crippen molar-refractivity contribution in [2.45, 2.75) is 31.0 Å². The van der Waals surface area contributed by atoms with Gasteiger partial charge in [-0.25, -0.2) is 4.98 Å². The highest BCUT2D eigenvalue weighted by Crippen LogP contribution is 2.26. The molecule has 10 heteroatoms. The summed E-state index contributed by atoms with van der Waals surface area (Å²) in [6.45, 7) is 1.08. The minimum atomic E-state index is -0.290. The van der Waals surface area contributed by atoms with Crippen molar-refractivity contribution in [3.8, 4) is 11.5 Å². The Labute approximate surface area is 178 Å². The van der Waals surface area contributed by atoms with Gasteiger partial charge >= 0.3 is 0 Å². The molecule has 1 aromatic carbocycles. The highest BCUT2D eigenvalue weighted by molar-refractivity contribution is 5.91. The summed E-state index contributed by atoms with van der Waals surface area (Å²) in [7, 11) is 1.78. The van der Waals surface area contributed by atoms with Crippen LogP contribution in [0.2, 0.25) is 0 Å². The van der Waals surface area contributed by atoms with Gasteiger partial charge in [-0.1, -0.05) is 18.2 Å². The summed E-state index contributed by atoms with van der Waals surface area (Å²) in [6, 6.07) is 9.20. The number of rotatable bonds is 5. The number of nitrogens with one attached hydrogen (secondary N) is 2. The van der Waals surface area contributed by atoms with Gasteiger partial charge in [-0.15, -0.1) is 10.2 Å². The van der Waals surface area contributed by atoms with E-state index in [1.165, 1.54) is 0 Å². The van der Waals surface area contributed by atoms with E-state index in [0.29, 0.717) is 43.5 Å². The number of piperazine rings is 1. The SMILES string of the molecule is Cn1ccnc1C(=O)N[C@H]1C[C@H]2C(=O)NC[C@@H](Cc3nnc(-c4ccccc4)o3)N2C1. The van der Waals surface area contributed by atoms with Crippen molar-refractivity contribution in [3.63, 3.8) is 0 Å². The molecule has 0 saturated carbocycles. The van der Waals surface area contributed by atoms with E-state index >= 15 is 0 Å². The van der Waals surface area contributed by atoms with Crippen LogP contribution in [0.5, 0.6) is 0 Å². The van der Waals surface area contributed by atoms with E-state index in [-0.39, 0.29) is 29.9 Å². The zero-order valence-corrected chi connectivity index (χ0v) is 17.1. The minimum Gasteiger partial charge on any atom is -0.421 e. The molecular formula is C21H23N7O3. The molecule has 5 rings (SSSR count). The molecule has 2 aliphatic rings. The van der Waals surface area contributed by atoms with E-state index in [1.54, 1.807) is 24.0 Å². The second-order valence-corrected chi connectivity index (χ2v) is 7.95. The summed E-state index contributed by atoms with van der Waals surface area (Å²) >= 11 is 0. The number of carbonyl (C=O) groups is 2. The molecule has 2 N–H and O–H groups in total. The Morgan fingerprint density at radius 1 is 1.29 bits per heavy atom. The minimum absolute atomic E-state index is 0.0134. The Morgan fingerprint density at radius 3 is 2.90 bits per heavy atom. The summed E-state index contributed by atoms with van der Waals surface area (Å²) in [4.78, 5) is 31.2. The molecule has 3 aromatic rings. The number of amides is 2. The van der Waals surface area contributed by atoms with Gasteiger partial charge in [0.05, 0.1) is 6.04 Å². The maximum absolute atomic E-state index is 12.5. The molecule has 2 saturated heterocycles. The Bertz CT molecular complexity index is 1090. The van der Waals surface area contributed by atoms with Crippen molar-refractivity contribution < 1.29 is 14.0 Å². The molecule has 31 heavy (non-hydrogen) atoms. The maximum atomic E-state index is 12.5. The number of aryl methyl sites for hydroxylation is 1. The van der Waals surface area contributed by atoms with Gasteiger partial charge in [0.2, 0.25) is 17.7 Å². The summed E-state index contributed by atoms with van der Waals surface area (Å²) in [5.41, 5.74) is 0.870. The van der Waals surface area contributed by atoms with Crippen molar-refractivity contribution in [1.82, 2.24) is 35.3 Å². The van der Waals surface area contributed by atoms with Crippen LogP contribution in [0.3, 0.4) is 0 Å². The van der Waals surface area contributed by atoms with Crippen molar-refractivity contribution in [1.29, 1.82) is 0 Å². The van der Waals surface area contributed by atoms with Gasteiger partial charge in [-0.05, 0) is 18.6 Å². The highest BCUT2D eigenvalue weighted by atomic mass is 16.4. The van der Waals surface area contributed by atoms with Crippen LogP contribution < -0.4 is 10.6 Å². The Balaban J connectivity index is 1.27. The Kier molecular flexibility index (Phi) is 4.99. The molecule has 2 aliphatic heterocycles. The van der Waals surface area contributed by atoms with E-state index in [9.17, 15) is 9.59 Å². The predicted molar refractivity (Wildman–Crippen MR) is 110 cm³/mol. The van der Waals surface area contributed by atoms with Gasteiger partial charge in [-0.2, -0.15) is 0 Å². The van der Waals surface area contributed by atoms with Crippen LogP contribution in [-0.2, 0) is 18.3 Å². The molecule has 2 amide bonds. The van der Waals surface area contributed by atoms with E-state index < -0.39 is 0 Å². The average Bonchev–Trinajstić information content (AvgIpc) is 3.51. The molecule has 10 nitrogen and oxygen atoms in total. The van der Waals surface area contributed by atoms with Crippen molar-refractivity contribution in [2.75, 3.05) is 13.1 Å². The molecule has 0 spiro atoms. The van der Waals surface area contributed by atoms with Crippen LogP contribution in [0, 0.1) is 0 Å². The number of hydrogen-bond donors (Lipinski definition) is 2. The van der Waals surface area contributed by atoms with Crippen LogP contribution >= 0.6 is 0 Å². The number of fused-ring (bicyclic) bond motifs is 1. The van der Waals surface area contributed by atoms with Crippen LogP contribution in [0.1, 0.15) is 22.9 Å². The third-order valence-corrected chi connectivity index (χ3v) is 5.88. The molecule has 0 radical (unpaired) electrons. The second-order valence-electron chi connectivity index (χ2n) is 7.95. The number of imidazole rings is 1.